The second-order valence-corrected chi connectivity index (χ2v) is 5.46. The first kappa shape index (κ1) is 10.7. The van der Waals surface area contributed by atoms with Crippen molar-refractivity contribution < 1.29 is 4.74 Å². The van der Waals surface area contributed by atoms with Gasteiger partial charge >= 0.3 is 0 Å². The van der Waals surface area contributed by atoms with Crippen molar-refractivity contribution in [3.63, 3.8) is 0 Å². The number of aryl methyl sites for hydroxylation is 1. The van der Waals surface area contributed by atoms with E-state index >= 15 is 0 Å². The van der Waals surface area contributed by atoms with Crippen LogP contribution in [0.5, 0.6) is 5.75 Å². The molecule has 0 aliphatic heterocycles. The molecule has 0 radical (unpaired) electrons. The molecule has 0 fully saturated rings. The Balaban J connectivity index is 2.08. The third-order valence-corrected chi connectivity index (χ3v) is 4.45. The summed E-state index contributed by atoms with van der Waals surface area (Å²) in [5.41, 5.74) is 10.1. The number of benzene rings is 1. The van der Waals surface area contributed by atoms with Gasteiger partial charge in [0.15, 0.2) is 0 Å². The Morgan fingerprint density at radius 1 is 1.18 bits per heavy atom. The number of hydrogen-bond donors (Lipinski definition) is 1. The van der Waals surface area contributed by atoms with Crippen molar-refractivity contribution in [2.75, 3.05) is 12.8 Å². The van der Waals surface area contributed by atoms with E-state index in [9.17, 15) is 0 Å². The van der Waals surface area contributed by atoms with Gasteiger partial charge in [0.25, 0.3) is 0 Å². The highest BCUT2D eigenvalue weighted by Gasteiger charge is 2.21. The van der Waals surface area contributed by atoms with Crippen molar-refractivity contribution in [1.29, 1.82) is 0 Å². The fourth-order valence-electron chi connectivity index (χ4n) is 2.50. The Labute approximate surface area is 105 Å². The van der Waals surface area contributed by atoms with E-state index < -0.39 is 0 Å². The van der Waals surface area contributed by atoms with Gasteiger partial charge in [0.1, 0.15) is 5.75 Å². The molecule has 0 amide bonds. The van der Waals surface area contributed by atoms with E-state index in [2.05, 4.69) is 12.1 Å². The van der Waals surface area contributed by atoms with Gasteiger partial charge in [0, 0.05) is 10.4 Å². The summed E-state index contributed by atoms with van der Waals surface area (Å²) in [6, 6.07) is 8.17. The summed E-state index contributed by atoms with van der Waals surface area (Å²) in [5.74, 6) is 0.888. The van der Waals surface area contributed by atoms with E-state index in [1.165, 1.54) is 40.8 Å². The minimum atomic E-state index is 0.888. The van der Waals surface area contributed by atoms with Crippen molar-refractivity contribution in [2.45, 2.75) is 19.3 Å². The molecule has 0 saturated heterocycles. The van der Waals surface area contributed by atoms with Crippen molar-refractivity contribution in [3.05, 3.63) is 34.7 Å². The fourth-order valence-corrected chi connectivity index (χ4v) is 3.68. The van der Waals surface area contributed by atoms with Gasteiger partial charge in [-0.1, -0.05) is 12.1 Å². The van der Waals surface area contributed by atoms with Crippen LogP contribution in [0.4, 0.5) is 5.00 Å². The Morgan fingerprint density at radius 2 is 1.94 bits per heavy atom. The maximum Gasteiger partial charge on any atom is 0.118 e. The monoisotopic (exact) mass is 245 g/mol. The van der Waals surface area contributed by atoms with Crippen LogP contribution in [0.15, 0.2) is 24.3 Å². The fraction of sp³-hybridized carbons (Fsp3) is 0.286. The van der Waals surface area contributed by atoms with Crippen molar-refractivity contribution in [1.82, 2.24) is 0 Å². The molecule has 0 unspecified atom stereocenters. The van der Waals surface area contributed by atoms with Crippen LogP contribution in [0.1, 0.15) is 16.9 Å². The summed E-state index contributed by atoms with van der Waals surface area (Å²) in [6.07, 6.45) is 3.63. The first-order chi connectivity index (χ1) is 8.29. The van der Waals surface area contributed by atoms with Crippen LogP contribution in [0.25, 0.3) is 11.1 Å². The molecular weight excluding hydrogens is 230 g/mol. The van der Waals surface area contributed by atoms with E-state index in [1.807, 2.05) is 12.1 Å². The number of ether oxygens (including phenoxy) is 1. The van der Waals surface area contributed by atoms with Gasteiger partial charge in [-0.15, -0.1) is 11.3 Å². The van der Waals surface area contributed by atoms with E-state index in [-0.39, 0.29) is 0 Å². The van der Waals surface area contributed by atoms with Crippen molar-refractivity contribution in [2.24, 2.45) is 0 Å². The van der Waals surface area contributed by atoms with Crippen LogP contribution in [0, 0.1) is 0 Å². The zero-order valence-electron chi connectivity index (χ0n) is 9.82. The highest BCUT2D eigenvalue weighted by atomic mass is 32.1. The third-order valence-electron chi connectivity index (χ3n) is 3.33. The molecular formula is C14H15NOS. The van der Waals surface area contributed by atoms with Crippen LogP contribution < -0.4 is 10.5 Å². The lowest BCUT2D eigenvalue weighted by Crippen LogP contribution is -1.89. The number of nitrogens with two attached hydrogens (primary N) is 1. The largest absolute Gasteiger partial charge is 0.497 e. The zero-order valence-corrected chi connectivity index (χ0v) is 10.6. The standard InChI is InChI=1S/C14H15NOS/c1-16-10-7-5-9(6-8-10)13-11-3-2-4-12(11)17-14(13)15/h5-8H,2-4,15H2,1H3. The van der Waals surface area contributed by atoms with Crippen LogP contribution in [-0.2, 0) is 12.8 Å². The highest BCUT2D eigenvalue weighted by Crippen LogP contribution is 2.43. The molecule has 1 aliphatic carbocycles. The maximum atomic E-state index is 6.14. The molecule has 2 aromatic rings. The second kappa shape index (κ2) is 4.08. The Bertz CT molecular complexity index is 542. The van der Waals surface area contributed by atoms with Gasteiger partial charge in [-0.05, 0) is 42.5 Å². The van der Waals surface area contributed by atoms with Gasteiger partial charge < -0.3 is 10.5 Å². The molecule has 0 spiro atoms. The first-order valence-electron chi connectivity index (χ1n) is 5.84. The molecule has 2 N–H and O–H groups in total. The summed E-state index contributed by atoms with van der Waals surface area (Å²) in [4.78, 5) is 1.48. The van der Waals surface area contributed by atoms with Crippen molar-refractivity contribution in [3.8, 4) is 16.9 Å². The average molecular weight is 245 g/mol. The van der Waals surface area contributed by atoms with Crippen LogP contribution in [0.3, 0.4) is 0 Å². The summed E-state index contributed by atoms with van der Waals surface area (Å²) in [7, 11) is 1.69. The number of methoxy groups -OCH3 is 1. The number of thiophene rings is 1. The number of nitrogen functional groups attached to an aromatic ring is 1. The summed E-state index contributed by atoms with van der Waals surface area (Å²) in [6.45, 7) is 0. The Morgan fingerprint density at radius 3 is 2.65 bits per heavy atom. The lowest BCUT2D eigenvalue weighted by Gasteiger charge is -2.05. The zero-order chi connectivity index (χ0) is 11.8. The molecule has 1 heterocycles. The number of rotatable bonds is 2. The van der Waals surface area contributed by atoms with E-state index in [0.717, 1.165) is 10.8 Å². The van der Waals surface area contributed by atoms with E-state index in [4.69, 9.17) is 10.5 Å². The SMILES string of the molecule is COc1ccc(-c2c(N)sc3c2CCC3)cc1. The van der Waals surface area contributed by atoms with Gasteiger partial charge in [0.05, 0.1) is 12.1 Å². The molecule has 3 rings (SSSR count). The molecule has 1 aromatic carbocycles. The number of hydrogen-bond acceptors (Lipinski definition) is 3. The smallest absolute Gasteiger partial charge is 0.118 e. The molecule has 0 saturated carbocycles. The topological polar surface area (TPSA) is 35.2 Å². The van der Waals surface area contributed by atoms with Crippen LogP contribution >= 0.6 is 11.3 Å². The lowest BCUT2D eigenvalue weighted by molar-refractivity contribution is 0.415. The molecule has 17 heavy (non-hydrogen) atoms. The molecule has 1 aliphatic rings. The van der Waals surface area contributed by atoms with Crippen LogP contribution in [-0.4, -0.2) is 7.11 Å². The first-order valence-corrected chi connectivity index (χ1v) is 6.65. The molecule has 0 atom stereocenters. The molecule has 2 nitrogen and oxygen atoms in total. The quantitative estimate of drug-likeness (QED) is 0.879. The normalized spacial score (nSPS) is 13.7. The number of fused-ring (bicyclic) bond motifs is 1. The van der Waals surface area contributed by atoms with Crippen LogP contribution in [0.2, 0.25) is 0 Å². The highest BCUT2D eigenvalue weighted by molar-refractivity contribution is 7.16. The average Bonchev–Trinajstić information content (AvgIpc) is 2.89. The molecule has 88 valence electrons. The van der Waals surface area contributed by atoms with E-state index in [1.54, 1.807) is 18.4 Å². The summed E-state index contributed by atoms with van der Waals surface area (Å²) in [5, 5.41) is 0.958. The predicted octanol–water partition coefficient (Wildman–Crippen LogP) is 3.49. The number of anilines is 1. The summed E-state index contributed by atoms with van der Waals surface area (Å²) >= 11 is 1.75. The van der Waals surface area contributed by atoms with Gasteiger partial charge in [-0.2, -0.15) is 0 Å². The predicted molar refractivity (Wildman–Crippen MR) is 72.7 cm³/mol. The van der Waals surface area contributed by atoms with Gasteiger partial charge in [-0.3, -0.25) is 0 Å². The minimum Gasteiger partial charge on any atom is -0.497 e. The second-order valence-electron chi connectivity index (χ2n) is 4.33. The third kappa shape index (κ3) is 1.71. The molecule has 1 aromatic heterocycles. The maximum absolute atomic E-state index is 6.14. The minimum absolute atomic E-state index is 0.888. The summed E-state index contributed by atoms with van der Waals surface area (Å²) < 4.78 is 5.18. The Hall–Kier alpha value is -1.48. The molecule has 0 bridgehead atoms. The Kier molecular flexibility index (Phi) is 2.56. The van der Waals surface area contributed by atoms with Crippen molar-refractivity contribution >= 4 is 16.3 Å². The van der Waals surface area contributed by atoms with Gasteiger partial charge in [0.2, 0.25) is 0 Å². The van der Waals surface area contributed by atoms with Gasteiger partial charge in [-0.25, -0.2) is 0 Å². The van der Waals surface area contributed by atoms with E-state index in [0.29, 0.717) is 0 Å². The lowest BCUT2D eigenvalue weighted by atomic mass is 10.0. The molecule has 3 heteroatoms.